The molecule has 0 aliphatic rings. The third kappa shape index (κ3) is 5.09. The molecule has 0 bridgehead atoms. The standard InChI is InChI=1S/C22H27NO/c1-16-6-11-19(12-7-16)17(2)23-21(24)15-10-18-8-13-20(14-9-18)22(3,4)5/h6-15,17H,1-5H3,(H,23,24)/b15-10+/t17-/m1/s1. The molecule has 1 amide bonds. The Morgan fingerprint density at radius 2 is 1.58 bits per heavy atom. The molecule has 0 heterocycles. The fraction of sp³-hybridized carbons (Fsp3) is 0.318. The molecule has 1 N–H and O–H groups in total. The number of amides is 1. The highest BCUT2D eigenvalue weighted by Crippen LogP contribution is 2.22. The van der Waals surface area contributed by atoms with Crippen LogP contribution in [0, 0.1) is 6.92 Å². The van der Waals surface area contributed by atoms with Crippen molar-refractivity contribution < 1.29 is 4.79 Å². The lowest BCUT2D eigenvalue weighted by molar-refractivity contribution is -0.117. The topological polar surface area (TPSA) is 29.1 Å². The van der Waals surface area contributed by atoms with Crippen LogP contribution in [0.1, 0.15) is 56.0 Å². The molecule has 0 saturated carbocycles. The SMILES string of the molecule is Cc1ccc([C@@H](C)NC(=O)/C=C/c2ccc(C(C)(C)C)cc2)cc1. The summed E-state index contributed by atoms with van der Waals surface area (Å²) in [4.78, 5) is 12.1. The lowest BCUT2D eigenvalue weighted by Crippen LogP contribution is -2.24. The molecule has 2 nitrogen and oxygen atoms in total. The van der Waals surface area contributed by atoms with Gasteiger partial charge in [-0.1, -0.05) is 74.9 Å². The van der Waals surface area contributed by atoms with E-state index in [9.17, 15) is 4.79 Å². The highest BCUT2D eigenvalue weighted by Gasteiger charge is 2.12. The largest absolute Gasteiger partial charge is 0.346 e. The van der Waals surface area contributed by atoms with Gasteiger partial charge >= 0.3 is 0 Å². The Balaban J connectivity index is 1.96. The molecular formula is C22H27NO. The van der Waals surface area contributed by atoms with E-state index >= 15 is 0 Å². The van der Waals surface area contributed by atoms with Gasteiger partial charge in [0.15, 0.2) is 0 Å². The summed E-state index contributed by atoms with van der Waals surface area (Å²) in [5, 5.41) is 3.00. The van der Waals surface area contributed by atoms with Gasteiger partial charge < -0.3 is 5.32 Å². The van der Waals surface area contributed by atoms with Crippen molar-refractivity contribution in [1.82, 2.24) is 5.32 Å². The van der Waals surface area contributed by atoms with Crippen LogP contribution >= 0.6 is 0 Å². The molecule has 2 rings (SSSR count). The predicted octanol–water partition coefficient (Wildman–Crippen LogP) is 5.18. The van der Waals surface area contributed by atoms with Gasteiger partial charge in [-0.2, -0.15) is 0 Å². The van der Waals surface area contributed by atoms with Crippen molar-refractivity contribution in [2.75, 3.05) is 0 Å². The second-order valence-corrected chi connectivity index (χ2v) is 7.35. The van der Waals surface area contributed by atoms with E-state index in [4.69, 9.17) is 0 Å². The monoisotopic (exact) mass is 321 g/mol. The summed E-state index contributed by atoms with van der Waals surface area (Å²) < 4.78 is 0. The third-order valence-electron chi connectivity index (χ3n) is 4.14. The first-order valence-electron chi connectivity index (χ1n) is 8.41. The summed E-state index contributed by atoms with van der Waals surface area (Å²) >= 11 is 0. The van der Waals surface area contributed by atoms with Gasteiger partial charge in [0.2, 0.25) is 5.91 Å². The van der Waals surface area contributed by atoms with Crippen LogP contribution in [0.5, 0.6) is 0 Å². The van der Waals surface area contributed by atoms with Gasteiger partial charge in [-0.05, 0) is 42.0 Å². The Bertz CT molecular complexity index is 703. The Hall–Kier alpha value is -2.35. The minimum Gasteiger partial charge on any atom is -0.346 e. The number of nitrogens with one attached hydrogen (secondary N) is 1. The Labute approximate surface area is 145 Å². The Morgan fingerprint density at radius 3 is 2.12 bits per heavy atom. The van der Waals surface area contributed by atoms with Crippen molar-refractivity contribution in [3.8, 4) is 0 Å². The van der Waals surface area contributed by atoms with E-state index in [2.05, 4.69) is 69.4 Å². The molecule has 0 spiro atoms. The number of benzene rings is 2. The van der Waals surface area contributed by atoms with E-state index in [1.165, 1.54) is 11.1 Å². The summed E-state index contributed by atoms with van der Waals surface area (Å²) in [6, 6.07) is 16.5. The maximum Gasteiger partial charge on any atom is 0.244 e. The first kappa shape index (κ1) is 18.0. The highest BCUT2D eigenvalue weighted by molar-refractivity contribution is 5.91. The van der Waals surface area contributed by atoms with E-state index in [-0.39, 0.29) is 17.4 Å². The molecule has 0 unspecified atom stereocenters. The van der Waals surface area contributed by atoms with Gasteiger partial charge in [0.1, 0.15) is 0 Å². The normalized spacial score (nSPS) is 13.0. The third-order valence-corrected chi connectivity index (χ3v) is 4.14. The molecule has 126 valence electrons. The number of carbonyl (C=O) groups excluding carboxylic acids is 1. The van der Waals surface area contributed by atoms with Crippen LogP contribution in [0.25, 0.3) is 6.08 Å². The summed E-state index contributed by atoms with van der Waals surface area (Å²) in [5.74, 6) is -0.0806. The fourth-order valence-corrected chi connectivity index (χ4v) is 2.47. The Morgan fingerprint density at radius 1 is 1.00 bits per heavy atom. The molecule has 24 heavy (non-hydrogen) atoms. The van der Waals surface area contributed by atoms with E-state index in [0.717, 1.165) is 11.1 Å². The van der Waals surface area contributed by atoms with Crippen molar-refractivity contribution in [2.45, 2.75) is 46.1 Å². The number of rotatable bonds is 4. The van der Waals surface area contributed by atoms with Crippen LogP contribution in [-0.4, -0.2) is 5.91 Å². The van der Waals surface area contributed by atoms with Gasteiger partial charge in [0.25, 0.3) is 0 Å². The van der Waals surface area contributed by atoms with E-state index < -0.39 is 0 Å². The van der Waals surface area contributed by atoms with Crippen LogP contribution in [0.3, 0.4) is 0 Å². The van der Waals surface area contributed by atoms with E-state index in [1.807, 2.05) is 25.1 Å². The molecule has 2 aromatic carbocycles. The summed E-state index contributed by atoms with van der Waals surface area (Å²) in [5.41, 5.74) is 4.79. The molecule has 2 aromatic rings. The molecule has 0 aromatic heterocycles. The van der Waals surface area contributed by atoms with Crippen LogP contribution < -0.4 is 5.32 Å². The quantitative estimate of drug-likeness (QED) is 0.772. The van der Waals surface area contributed by atoms with E-state index in [1.54, 1.807) is 6.08 Å². The highest BCUT2D eigenvalue weighted by atomic mass is 16.1. The lowest BCUT2D eigenvalue weighted by Gasteiger charge is -2.18. The smallest absolute Gasteiger partial charge is 0.244 e. The number of hydrogen-bond acceptors (Lipinski definition) is 1. The number of aryl methyl sites for hydroxylation is 1. The fourth-order valence-electron chi connectivity index (χ4n) is 2.47. The summed E-state index contributed by atoms with van der Waals surface area (Å²) in [6.07, 6.45) is 3.44. The van der Waals surface area contributed by atoms with Gasteiger partial charge in [0, 0.05) is 6.08 Å². The summed E-state index contributed by atoms with van der Waals surface area (Å²) in [7, 11) is 0. The van der Waals surface area contributed by atoms with Gasteiger partial charge in [-0.25, -0.2) is 0 Å². The average molecular weight is 321 g/mol. The molecule has 0 radical (unpaired) electrons. The lowest BCUT2D eigenvalue weighted by atomic mass is 9.87. The minimum absolute atomic E-state index is 0.00832. The van der Waals surface area contributed by atoms with Gasteiger partial charge in [-0.15, -0.1) is 0 Å². The molecule has 0 aliphatic carbocycles. The average Bonchev–Trinajstić information content (AvgIpc) is 2.53. The number of hydrogen-bond donors (Lipinski definition) is 1. The maximum atomic E-state index is 12.1. The zero-order valence-electron chi connectivity index (χ0n) is 15.3. The molecule has 1 atom stereocenters. The van der Waals surface area contributed by atoms with Crippen LogP contribution in [0.2, 0.25) is 0 Å². The van der Waals surface area contributed by atoms with Crippen molar-refractivity contribution in [1.29, 1.82) is 0 Å². The minimum atomic E-state index is -0.0806. The van der Waals surface area contributed by atoms with Crippen molar-refractivity contribution in [2.24, 2.45) is 0 Å². The van der Waals surface area contributed by atoms with Gasteiger partial charge in [0.05, 0.1) is 6.04 Å². The maximum absolute atomic E-state index is 12.1. The molecule has 0 saturated heterocycles. The first-order chi connectivity index (χ1) is 11.3. The Kier molecular flexibility index (Phi) is 5.61. The molecule has 0 fully saturated rings. The van der Waals surface area contributed by atoms with Crippen LogP contribution in [0.4, 0.5) is 0 Å². The summed E-state index contributed by atoms with van der Waals surface area (Å²) in [6.45, 7) is 10.6. The molecule has 2 heteroatoms. The second kappa shape index (κ2) is 7.48. The van der Waals surface area contributed by atoms with Crippen molar-refractivity contribution in [3.05, 3.63) is 76.9 Å². The van der Waals surface area contributed by atoms with Crippen molar-refractivity contribution in [3.63, 3.8) is 0 Å². The van der Waals surface area contributed by atoms with Crippen LogP contribution in [0.15, 0.2) is 54.6 Å². The zero-order valence-corrected chi connectivity index (χ0v) is 15.3. The number of carbonyl (C=O) groups is 1. The van der Waals surface area contributed by atoms with Gasteiger partial charge in [-0.3, -0.25) is 4.79 Å². The first-order valence-corrected chi connectivity index (χ1v) is 8.41. The van der Waals surface area contributed by atoms with Crippen molar-refractivity contribution >= 4 is 12.0 Å². The van der Waals surface area contributed by atoms with E-state index in [0.29, 0.717) is 0 Å². The predicted molar refractivity (Wildman–Crippen MR) is 102 cm³/mol. The zero-order chi connectivity index (χ0) is 17.7. The molecule has 0 aliphatic heterocycles. The second-order valence-electron chi connectivity index (χ2n) is 7.35. The molecular weight excluding hydrogens is 294 g/mol. The van der Waals surface area contributed by atoms with Crippen LogP contribution in [-0.2, 0) is 10.2 Å².